The predicted molar refractivity (Wildman–Crippen MR) is 93.6 cm³/mol. The smallest absolute Gasteiger partial charge is 0.194 e. The third kappa shape index (κ3) is 2.92. The Kier molecular flexibility index (Phi) is 4.05. The van der Waals surface area contributed by atoms with Gasteiger partial charge in [-0.2, -0.15) is 0 Å². The number of ether oxygens (including phenoxy) is 1. The number of ketones is 1. The lowest BCUT2D eigenvalue weighted by molar-refractivity contribution is 0.104. The van der Waals surface area contributed by atoms with E-state index in [1.54, 1.807) is 30.6 Å². The van der Waals surface area contributed by atoms with E-state index in [4.69, 9.17) is 4.74 Å². The molecule has 0 fully saturated rings. The molecular formula is C18H18N2O2S. The highest BCUT2D eigenvalue weighted by atomic mass is 32.1. The van der Waals surface area contributed by atoms with Crippen molar-refractivity contribution in [2.45, 2.75) is 20.8 Å². The molecule has 0 radical (unpaired) electrons. The monoisotopic (exact) mass is 326 g/mol. The first-order valence-corrected chi connectivity index (χ1v) is 8.13. The van der Waals surface area contributed by atoms with E-state index in [0.717, 1.165) is 21.9 Å². The van der Waals surface area contributed by atoms with Crippen LogP contribution in [0.25, 0.3) is 11.0 Å². The zero-order valence-corrected chi connectivity index (χ0v) is 14.4. The number of hydrogen-bond donors (Lipinski definition) is 0. The molecule has 0 bridgehead atoms. The lowest BCUT2D eigenvalue weighted by atomic mass is 10.1. The summed E-state index contributed by atoms with van der Waals surface area (Å²) in [6.45, 7) is 5.97. The number of allylic oxidation sites excluding steroid dienone is 1. The van der Waals surface area contributed by atoms with E-state index in [1.807, 2.05) is 49.6 Å². The van der Waals surface area contributed by atoms with Gasteiger partial charge in [0.05, 0.1) is 24.1 Å². The molecule has 2 heterocycles. The van der Waals surface area contributed by atoms with Crippen molar-refractivity contribution in [3.8, 4) is 5.75 Å². The van der Waals surface area contributed by atoms with Gasteiger partial charge >= 0.3 is 0 Å². The number of thiazole rings is 1. The Morgan fingerprint density at radius 1 is 1.30 bits per heavy atom. The quantitative estimate of drug-likeness (QED) is 0.532. The number of hydrogen-bond acceptors (Lipinski definition) is 4. The van der Waals surface area contributed by atoms with Crippen molar-refractivity contribution in [1.82, 2.24) is 9.38 Å². The van der Waals surface area contributed by atoms with Crippen LogP contribution in [-0.4, -0.2) is 22.3 Å². The number of fused-ring (bicyclic) bond motifs is 1. The van der Waals surface area contributed by atoms with Crippen LogP contribution in [0.4, 0.5) is 0 Å². The fourth-order valence-corrected chi connectivity index (χ4v) is 3.41. The summed E-state index contributed by atoms with van der Waals surface area (Å²) in [4.78, 5) is 19.1. The Morgan fingerprint density at radius 2 is 2.09 bits per heavy atom. The number of methoxy groups -OCH3 is 1. The summed E-state index contributed by atoms with van der Waals surface area (Å²) in [5, 5.41) is 0. The zero-order chi connectivity index (χ0) is 16.6. The second-order valence-electron chi connectivity index (χ2n) is 5.48. The molecule has 0 amide bonds. The van der Waals surface area contributed by atoms with Gasteiger partial charge in [0, 0.05) is 11.1 Å². The molecule has 3 rings (SSSR count). The van der Waals surface area contributed by atoms with Gasteiger partial charge in [-0.05, 0) is 50.6 Å². The Bertz CT molecular complexity index is 919. The van der Waals surface area contributed by atoms with Crippen LogP contribution < -0.4 is 4.74 Å². The van der Waals surface area contributed by atoms with Gasteiger partial charge in [-0.3, -0.25) is 9.20 Å². The molecule has 0 atom stereocenters. The Hall–Kier alpha value is -2.40. The molecule has 4 nitrogen and oxygen atoms in total. The van der Waals surface area contributed by atoms with Crippen LogP contribution >= 0.6 is 11.3 Å². The average Bonchev–Trinajstić information content (AvgIpc) is 2.99. The van der Waals surface area contributed by atoms with Gasteiger partial charge in [-0.15, -0.1) is 11.3 Å². The molecule has 23 heavy (non-hydrogen) atoms. The maximum Gasteiger partial charge on any atom is 0.194 e. The Labute approximate surface area is 139 Å². The number of nitrogens with zero attached hydrogens (tertiary/aromatic N) is 2. The number of carbonyl (C=O) groups is 1. The highest BCUT2D eigenvalue weighted by Gasteiger charge is 2.12. The predicted octanol–water partition coefficient (Wildman–Crippen LogP) is 4.23. The number of rotatable bonds is 4. The van der Waals surface area contributed by atoms with Crippen molar-refractivity contribution in [2.75, 3.05) is 7.11 Å². The summed E-state index contributed by atoms with van der Waals surface area (Å²) in [5.74, 6) is 0.518. The minimum Gasteiger partial charge on any atom is -0.496 e. The number of aromatic nitrogens is 2. The van der Waals surface area contributed by atoms with E-state index in [1.165, 1.54) is 4.88 Å². The van der Waals surface area contributed by atoms with E-state index in [2.05, 4.69) is 4.98 Å². The van der Waals surface area contributed by atoms with E-state index >= 15 is 0 Å². The van der Waals surface area contributed by atoms with Gasteiger partial charge in [0.2, 0.25) is 0 Å². The first-order chi connectivity index (χ1) is 11.0. The van der Waals surface area contributed by atoms with Crippen LogP contribution in [0, 0.1) is 20.8 Å². The fraction of sp³-hybridized carbons (Fsp3) is 0.222. The molecule has 0 N–H and O–H groups in total. The van der Waals surface area contributed by atoms with Gasteiger partial charge in [0.15, 0.2) is 10.7 Å². The molecule has 0 aliphatic carbocycles. The third-order valence-electron chi connectivity index (χ3n) is 3.68. The van der Waals surface area contributed by atoms with Crippen LogP contribution in [-0.2, 0) is 0 Å². The standard InChI is InChI=1S/C18H18N2O2S/c1-11-5-6-14(17(9-11)22-4)16(21)8-7-15-13(3)19-18-20(15)10-12(2)23-18/h5-10H,1-4H3/b8-7+. The van der Waals surface area contributed by atoms with Crippen molar-refractivity contribution >= 4 is 28.2 Å². The summed E-state index contributed by atoms with van der Waals surface area (Å²) in [5.41, 5.74) is 3.47. The highest BCUT2D eigenvalue weighted by molar-refractivity contribution is 7.17. The number of carbonyl (C=O) groups excluding carboxylic acids is 1. The molecular weight excluding hydrogens is 308 g/mol. The van der Waals surface area contributed by atoms with Crippen LogP contribution in [0.1, 0.15) is 32.2 Å². The highest BCUT2D eigenvalue weighted by Crippen LogP contribution is 2.23. The molecule has 0 unspecified atom stereocenters. The molecule has 0 aliphatic heterocycles. The number of imidazole rings is 1. The Morgan fingerprint density at radius 3 is 2.83 bits per heavy atom. The maximum atomic E-state index is 12.5. The van der Waals surface area contributed by atoms with E-state index in [9.17, 15) is 4.79 Å². The third-order valence-corrected chi connectivity index (χ3v) is 4.58. The van der Waals surface area contributed by atoms with Crippen molar-refractivity contribution in [2.24, 2.45) is 0 Å². The molecule has 5 heteroatoms. The van der Waals surface area contributed by atoms with Gasteiger partial charge in [-0.1, -0.05) is 6.07 Å². The second kappa shape index (κ2) is 6.01. The van der Waals surface area contributed by atoms with Crippen LogP contribution in [0.15, 0.2) is 30.5 Å². The molecule has 1 aromatic carbocycles. The normalized spacial score (nSPS) is 11.5. The minimum absolute atomic E-state index is 0.0804. The molecule has 0 saturated heterocycles. The van der Waals surface area contributed by atoms with Gasteiger partial charge in [0.1, 0.15) is 5.75 Å². The van der Waals surface area contributed by atoms with E-state index in [-0.39, 0.29) is 5.78 Å². The minimum atomic E-state index is -0.0804. The molecule has 0 aliphatic rings. The largest absolute Gasteiger partial charge is 0.496 e. The van der Waals surface area contributed by atoms with Crippen molar-refractivity contribution in [3.05, 3.63) is 57.9 Å². The lowest BCUT2D eigenvalue weighted by Gasteiger charge is -2.06. The second-order valence-corrected chi connectivity index (χ2v) is 6.69. The van der Waals surface area contributed by atoms with Crippen LogP contribution in [0.3, 0.4) is 0 Å². The topological polar surface area (TPSA) is 43.6 Å². The van der Waals surface area contributed by atoms with E-state index < -0.39 is 0 Å². The molecule has 0 spiro atoms. The summed E-state index contributed by atoms with van der Waals surface area (Å²) >= 11 is 1.64. The summed E-state index contributed by atoms with van der Waals surface area (Å²) in [7, 11) is 1.58. The van der Waals surface area contributed by atoms with Gasteiger partial charge in [0.25, 0.3) is 0 Å². The van der Waals surface area contributed by atoms with E-state index in [0.29, 0.717) is 11.3 Å². The zero-order valence-electron chi connectivity index (χ0n) is 13.6. The molecule has 118 valence electrons. The number of aryl methyl sites for hydroxylation is 3. The lowest BCUT2D eigenvalue weighted by Crippen LogP contribution is -1.99. The molecule has 2 aromatic heterocycles. The summed E-state index contributed by atoms with van der Waals surface area (Å²) in [6, 6.07) is 5.58. The van der Waals surface area contributed by atoms with Crippen LogP contribution in [0.5, 0.6) is 5.75 Å². The summed E-state index contributed by atoms with van der Waals surface area (Å²) < 4.78 is 7.33. The molecule has 0 saturated carbocycles. The van der Waals surface area contributed by atoms with Crippen LogP contribution in [0.2, 0.25) is 0 Å². The molecule has 3 aromatic rings. The maximum absolute atomic E-state index is 12.5. The number of benzene rings is 1. The summed E-state index contributed by atoms with van der Waals surface area (Å²) in [6.07, 6.45) is 5.44. The van der Waals surface area contributed by atoms with Crippen molar-refractivity contribution in [1.29, 1.82) is 0 Å². The first-order valence-electron chi connectivity index (χ1n) is 7.31. The van der Waals surface area contributed by atoms with Gasteiger partial charge < -0.3 is 4.74 Å². The SMILES string of the molecule is COc1cc(C)ccc1C(=O)/C=C/c1c(C)nc2sc(C)cn12. The fourth-order valence-electron chi connectivity index (χ4n) is 2.53. The average molecular weight is 326 g/mol. The first kappa shape index (κ1) is 15.5. The van der Waals surface area contributed by atoms with Gasteiger partial charge in [-0.25, -0.2) is 4.98 Å². The van der Waals surface area contributed by atoms with Crippen molar-refractivity contribution < 1.29 is 9.53 Å². The van der Waals surface area contributed by atoms with Crippen molar-refractivity contribution in [3.63, 3.8) is 0 Å². The Balaban J connectivity index is 1.95.